The number of benzene rings is 2. The van der Waals surface area contributed by atoms with E-state index in [0.717, 1.165) is 11.1 Å². The first-order valence-corrected chi connectivity index (χ1v) is 7.63. The number of aliphatic hydroxyl groups is 2. The van der Waals surface area contributed by atoms with Gasteiger partial charge in [-0.2, -0.15) is 0 Å². The van der Waals surface area contributed by atoms with Crippen molar-refractivity contribution in [3.63, 3.8) is 0 Å². The molecule has 2 rings (SSSR count). The van der Waals surface area contributed by atoms with Gasteiger partial charge >= 0.3 is 6.09 Å². The minimum atomic E-state index is -1.14. The Balaban J connectivity index is 1.79. The van der Waals surface area contributed by atoms with E-state index < -0.39 is 18.3 Å². The van der Waals surface area contributed by atoms with Gasteiger partial charge in [0.1, 0.15) is 18.8 Å². The number of aliphatic hydroxyl groups excluding tert-OH is 2. The molecule has 3 N–H and O–H groups in total. The summed E-state index contributed by atoms with van der Waals surface area (Å²) in [7, 11) is 0. The van der Waals surface area contributed by atoms with Crippen LogP contribution in [0.1, 0.15) is 22.8 Å². The largest absolute Gasteiger partial charge is 0.445 e. The molecule has 2 aromatic carbocycles. The lowest BCUT2D eigenvalue weighted by Gasteiger charge is -2.19. The molecule has 24 heavy (non-hydrogen) atoms. The number of alkyl carbamates (subject to hydrolysis) is 1. The van der Waals surface area contributed by atoms with E-state index in [0.29, 0.717) is 5.56 Å². The molecule has 0 aliphatic carbocycles. The fourth-order valence-electron chi connectivity index (χ4n) is 2.17. The van der Waals surface area contributed by atoms with E-state index in [9.17, 15) is 15.0 Å². The number of rotatable bonds is 7. The normalized spacial score (nSPS) is 12.9. The minimum Gasteiger partial charge on any atom is -0.445 e. The molecule has 5 nitrogen and oxygen atoms in total. The molecule has 0 fully saturated rings. The van der Waals surface area contributed by atoms with Crippen molar-refractivity contribution in [3.05, 3.63) is 77.9 Å². The third kappa shape index (κ3) is 5.22. The third-order valence-corrected chi connectivity index (χ3v) is 3.52. The zero-order valence-corrected chi connectivity index (χ0v) is 13.3. The molecule has 2 aromatic rings. The predicted octanol–water partition coefficient (Wildman–Crippen LogP) is 2.65. The number of carbonyl (C=O) groups is 1. The summed E-state index contributed by atoms with van der Waals surface area (Å²) in [6.45, 7) is 3.69. The van der Waals surface area contributed by atoms with Gasteiger partial charge in [-0.1, -0.05) is 61.2 Å². The molecule has 1 amide bonds. The predicted molar refractivity (Wildman–Crippen MR) is 92.1 cm³/mol. The number of carbonyl (C=O) groups excluding carboxylic acids is 1. The average Bonchev–Trinajstić information content (AvgIpc) is 2.64. The van der Waals surface area contributed by atoms with Gasteiger partial charge in [0.2, 0.25) is 0 Å². The van der Waals surface area contributed by atoms with E-state index in [-0.39, 0.29) is 13.2 Å². The molecule has 0 saturated heterocycles. The highest BCUT2D eigenvalue weighted by atomic mass is 16.5. The second-order valence-corrected chi connectivity index (χ2v) is 5.33. The number of hydrogen-bond acceptors (Lipinski definition) is 4. The first kappa shape index (κ1) is 17.7. The third-order valence-electron chi connectivity index (χ3n) is 3.52. The summed E-state index contributed by atoms with van der Waals surface area (Å²) >= 11 is 0. The lowest BCUT2D eigenvalue weighted by molar-refractivity contribution is 0.0184. The topological polar surface area (TPSA) is 78.8 Å². The number of amides is 1. The fraction of sp³-hybridized carbons (Fsp3) is 0.211. The van der Waals surface area contributed by atoms with Gasteiger partial charge in [-0.3, -0.25) is 0 Å². The molecule has 0 bridgehead atoms. The fourth-order valence-corrected chi connectivity index (χ4v) is 2.17. The SMILES string of the molecule is C=Cc1cccc(C(O)C(O)CNC(=O)OCc2ccccc2)c1. The molecular weight excluding hydrogens is 306 g/mol. The van der Waals surface area contributed by atoms with Crippen LogP contribution in [0.25, 0.3) is 6.08 Å². The Hall–Kier alpha value is -2.63. The maximum absolute atomic E-state index is 11.6. The van der Waals surface area contributed by atoms with Gasteiger partial charge in [0, 0.05) is 6.54 Å². The molecule has 0 aliphatic rings. The van der Waals surface area contributed by atoms with Crippen LogP contribution in [0.5, 0.6) is 0 Å². The van der Waals surface area contributed by atoms with Crippen LogP contribution in [0.15, 0.2) is 61.2 Å². The number of nitrogens with one attached hydrogen (secondary N) is 1. The van der Waals surface area contributed by atoms with Crippen LogP contribution in [0.2, 0.25) is 0 Å². The second kappa shape index (κ2) is 8.86. The quantitative estimate of drug-likeness (QED) is 0.730. The monoisotopic (exact) mass is 327 g/mol. The standard InChI is InChI=1S/C19H21NO4/c1-2-14-9-6-10-16(11-14)18(22)17(21)12-20-19(23)24-13-15-7-4-3-5-8-15/h2-11,17-18,21-22H,1,12-13H2,(H,20,23). The van der Waals surface area contributed by atoms with Crippen molar-refractivity contribution in [1.82, 2.24) is 5.32 Å². The van der Waals surface area contributed by atoms with Crippen molar-refractivity contribution < 1.29 is 19.7 Å². The summed E-state index contributed by atoms with van der Waals surface area (Å²) < 4.78 is 5.04. The van der Waals surface area contributed by atoms with Crippen LogP contribution in [-0.4, -0.2) is 29.0 Å². The Bertz CT molecular complexity index is 672. The highest BCUT2D eigenvalue weighted by molar-refractivity contribution is 5.67. The van der Waals surface area contributed by atoms with Crippen LogP contribution in [-0.2, 0) is 11.3 Å². The molecule has 2 unspecified atom stereocenters. The first-order valence-electron chi connectivity index (χ1n) is 7.63. The molecule has 0 aliphatic heterocycles. The average molecular weight is 327 g/mol. The molecule has 2 atom stereocenters. The van der Waals surface area contributed by atoms with Gasteiger partial charge in [-0.25, -0.2) is 4.79 Å². The van der Waals surface area contributed by atoms with E-state index >= 15 is 0 Å². The van der Waals surface area contributed by atoms with E-state index in [1.807, 2.05) is 36.4 Å². The summed E-state index contributed by atoms with van der Waals surface area (Å²) in [5.41, 5.74) is 2.27. The van der Waals surface area contributed by atoms with Gasteiger partial charge < -0.3 is 20.3 Å². The molecule has 126 valence electrons. The second-order valence-electron chi connectivity index (χ2n) is 5.33. The van der Waals surface area contributed by atoms with Gasteiger partial charge in [0.05, 0.1) is 0 Å². The Morgan fingerprint density at radius 1 is 1.17 bits per heavy atom. The molecule has 0 spiro atoms. The number of hydrogen-bond donors (Lipinski definition) is 3. The van der Waals surface area contributed by atoms with Crippen molar-refractivity contribution in [2.24, 2.45) is 0 Å². The van der Waals surface area contributed by atoms with Crippen molar-refractivity contribution >= 4 is 12.2 Å². The van der Waals surface area contributed by atoms with Crippen LogP contribution in [0.4, 0.5) is 4.79 Å². The van der Waals surface area contributed by atoms with E-state index in [4.69, 9.17) is 4.74 Å². The van der Waals surface area contributed by atoms with Crippen LogP contribution in [0, 0.1) is 0 Å². The zero-order chi connectivity index (χ0) is 17.4. The molecule has 0 radical (unpaired) electrons. The van der Waals surface area contributed by atoms with Crippen LogP contribution in [0.3, 0.4) is 0 Å². The minimum absolute atomic E-state index is 0.118. The molecule has 0 saturated carbocycles. The van der Waals surface area contributed by atoms with Gasteiger partial charge in [0.25, 0.3) is 0 Å². The lowest BCUT2D eigenvalue weighted by Crippen LogP contribution is -2.35. The van der Waals surface area contributed by atoms with E-state index in [2.05, 4.69) is 11.9 Å². The maximum atomic E-state index is 11.6. The first-order chi connectivity index (χ1) is 11.6. The zero-order valence-electron chi connectivity index (χ0n) is 13.3. The Kier molecular flexibility index (Phi) is 6.54. The summed E-state index contributed by atoms with van der Waals surface area (Å²) in [6, 6.07) is 16.3. The summed E-state index contributed by atoms with van der Waals surface area (Å²) in [4.78, 5) is 11.6. The smallest absolute Gasteiger partial charge is 0.407 e. The van der Waals surface area contributed by atoms with Gasteiger partial charge in [-0.15, -0.1) is 0 Å². The lowest BCUT2D eigenvalue weighted by atomic mass is 10.0. The Labute approximate surface area is 141 Å². The van der Waals surface area contributed by atoms with Gasteiger partial charge in [0.15, 0.2) is 0 Å². The highest BCUT2D eigenvalue weighted by Crippen LogP contribution is 2.18. The maximum Gasteiger partial charge on any atom is 0.407 e. The molecular formula is C19H21NO4. The summed E-state index contributed by atoms with van der Waals surface area (Å²) in [5, 5.41) is 22.6. The Morgan fingerprint density at radius 2 is 1.92 bits per heavy atom. The molecule has 5 heteroatoms. The number of ether oxygens (including phenoxy) is 1. The van der Waals surface area contributed by atoms with E-state index in [1.54, 1.807) is 24.3 Å². The van der Waals surface area contributed by atoms with E-state index in [1.165, 1.54) is 0 Å². The van der Waals surface area contributed by atoms with Crippen molar-refractivity contribution in [3.8, 4) is 0 Å². The van der Waals surface area contributed by atoms with Crippen molar-refractivity contribution in [2.75, 3.05) is 6.54 Å². The van der Waals surface area contributed by atoms with Crippen LogP contribution < -0.4 is 5.32 Å². The van der Waals surface area contributed by atoms with Gasteiger partial charge in [-0.05, 0) is 22.8 Å². The van der Waals surface area contributed by atoms with Crippen LogP contribution >= 0.6 is 0 Å². The van der Waals surface area contributed by atoms with Crippen molar-refractivity contribution in [2.45, 2.75) is 18.8 Å². The highest BCUT2D eigenvalue weighted by Gasteiger charge is 2.19. The summed E-state index contributed by atoms with van der Waals surface area (Å²) in [6.07, 6.45) is -1.25. The summed E-state index contributed by atoms with van der Waals surface area (Å²) in [5.74, 6) is 0. The van der Waals surface area contributed by atoms with Crippen molar-refractivity contribution in [1.29, 1.82) is 0 Å². The molecule has 0 heterocycles. The molecule has 0 aromatic heterocycles. The Morgan fingerprint density at radius 3 is 2.62 bits per heavy atom.